The Labute approximate surface area is 187 Å². The predicted molar refractivity (Wildman–Crippen MR) is 113 cm³/mol. The van der Waals surface area contributed by atoms with Crippen LogP contribution in [0.1, 0.15) is 22.8 Å². The van der Waals surface area contributed by atoms with E-state index in [1.54, 1.807) is 11.8 Å². The SMILES string of the molecule is CCOc1cc(C(=O)Nc2ccc(N3CCOCC3)cc2C(F)(F)F)c([N+](=O)[O-])cc1OC. The molecule has 1 aliphatic rings. The lowest BCUT2D eigenvalue weighted by Gasteiger charge is -2.29. The number of rotatable bonds is 7. The summed E-state index contributed by atoms with van der Waals surface area (Å²) in [7, 11) is 1.27. The predicted octanol–water partition coefficient (Wildman–Crippen LogP) is 4.11. The molecule has 0 bridgehead atoms. The molecule has 0 unspecified atom stereocenters. The second kappa shape index (κ2) is 9.94. The molecule has 1 fully saturated rings. The number of halogens is 3. The molecule has 178 valence electrons. The lowest BCUT2D eigenvalue weighted by atomic mass is 10.1. The molecule has 0 aromatic heterocycles. The van der Waals surface area contributed by atoms with E-state index < -0.39 is 39.5 Å². The monoisotopic (exact) mass is 469 g/mol. The number of nitrogens with zero attached hydrogens (tertiary/aromatic N) is 2. The molecule has 2 aromatic carbocycles. The molecule has 1 saturated heterocycles. The number of morpholine rings is 1. The number of benzene rings is 2. The van der Waals surface area contributed by atoms with Crippen LogP contribution in [0.2, 0.25) is 0 Å². The van der Waals surface area contributed by atoms with Gasteiger partial charge in [-0.3, -0.25) is 14.9 Å². The lowest BCUT2D eigenvalue weighted by molar-refractivity contribution is -0.385. The Morgan fingerprint density at radius 2 is 1.91 bits per heavy atom. The van der Waals surface area contributed by atoms with Crippen LogP contribution in [0, 0.1) is 10.1 Å². The summed E-state index contributed by atoms with van der Waals surface area (Å²) < 4.78 is 57.0. The number of carbonyl (C=O) groups excluding carboxylic acids is 1. The van der Waals surface area contributed by atoms with Crippen molar-refractivity contribution in [3.63, 3.8) is 0 Å². The second-order valence-electron chi connectivity index (χ2n) is 6.99. The number of methoxy groups -OCH3 is 1. The van der Waals surface area contributed by atoms with E-state index in [2.05, 4.69) is 5.32 Å². The Bertz CT molecular complexity index is 1040. The number of hydrogen-bond acceptors (Lipinski definition) is 7. The van der Waals surface area contributed by atoms with Gasteiger partial charge in [-0.25, -0.2) is 0 Å². The Morgan fingerprint density at radius 3 is 2.48 bits per heavy atom. The zero-order chi connectivity index (χ0) is 24.2. The van der Waals surface area contributed by atoms with Gasteiger partial charge in [0.25, 0.3) is 11.6 Å². The van der Waals surface area contributed by atoms with Crippen LogP contribution in [0.3, 0.4) is 0 Å². The molecular weight excluding hydrogens is 447 g/mol. The highest BCUT2D eigenvalue weighted by atomic mass is 19.4. The van der Waals surface area contributed by atoms with Gasteiger partial charge in [0, 0.05) is 24.8 Å². The van der Waals surface area contributed by atoms with Crippen molar-refractivity contribution in [1.82, 2.24) is 0 Å². The van der Waals surface area contributed by atoms with Crippen molar-refractivity contribution in [2.75, 3.05) is 50.2 Å². The number of alkyl halides is 3. The number of hydrogen-bond donors (Lipinski definition) is 1. The van der Waals surface area contributed by atoms with Crippen molar-refractivity contribution in [1.29, 1.82) is 0 Å². The maximum atomic E-state index is 13.8. The van der Waals surface area contributed by atoms with Crippen LogP contribution in [-0.2, 0) is 10.9 Å². The summed E-state index contributed by atoms with van der Waals surface area (Å²) in [5.41, 5.74) is -2.35. The first-order chi connectivity index (χ1) is 15.7. The quantitative estimate of drug-likeness (QED) is 0.481. The van der Waals surface area contributed by atoms with Crippen molar-refractivity contribution in [2.45, 2.75) is 13.1 Å². The van der Waals surface area contributed by atoms with Gasteiger partial charge in [0.15, 0.2) is 11.5 Å². The molecule has 0 radical (unpaired) electrons. The van der Waals surface area contributed by atoms with Gasteiger partial charge in [-0.2, -0.15) is 13.2 Å². The van der Waals surface area contributed by atoms with E-state index >= 15 is 0 Å². The number of anilines is 2. The van der Waals surface area contributed by atoms with E-state index in [0.29, 0.717) is 32.0 Å². The summed E-state index contributed by atoms with van der Waals surface area (Å²) in [5.74, 6) is -1.02. The minimum atomic E-state index is -4.77. The number of nitrogens with one attached hydrogen (secondary N) is 1. The molecule has 1 amide bonds. The van der Waals surface area contributed by atoms with E-state index in [9.17, 15) is 28.1 Å². The van der Waals surface area contributed by atoms with Crippen LogP contribution in [0.25, 0.3) is 0 Å². The van der Waals surface area contributed by atoms with Crippen LogP contribution in [0.5, 0.6) is 11.5 Å². The molecule has 1 heterocycles. The molecule has 0 atom stereocenters. The third kappa shape index (κ3) is 5.45. The minimum Gasteiger partial charge on any atom is -0.493 e. The summed E-state index contributed by atoms with van der Waals surface area (Å²) in [6, 6.07) is 5.58. The lowest BCUT2D eigenvalue weighted by Crippen LogP contribution is -2.36. The van der Waals surface area contributed by atoms with Gasteiger partial charge in [-0.1, -0.05) is 0 Å². The van der Waals surface area contributed by atoms with E-state index in [-0.39, 0.29) is 18.1 Å². The molecule has 3 rings (SSSR count). The third-order valence-electron chi connectivity index (χ3n) is 4.96. The van der Waals surface area contributed by atoms with Crippen LogP contribution in [0.4, 0.5) is 30.2 Å². The smallest absolute Gasteiger partial charge is 0.418 e. The van der Waals surface area contributed by atoms with E-state index in [0.717, 1.165) is 24.3 Å². The van der Waals surface area contributed by atoms with Gasteiger partial charge in [0.05, 0.1) is 49.2 Å². The van der Waals surface area contributed by atoms with Crippen molar-refractivity contribution in [3.05, 3.63) is 51.6 Å². The first-order valence-electron chi connectivity index (χ1n) is 10.00. The maximum Gasteiger partial charge on any atom is 0.418 e. The summed E-state index contributed by atoms with van der Waals surface area (Å²) in [6.45, 7) is 3.48. The fraction of sp³-hybridized carbons (Fsp3) is 0.381. The van der Waals surface area contributed by atoms with Crippen LogP contribution in [-0.4, -0.2) is 50.9 Å². The average Bonchev–Trinajstić information content (AvgIpc) is 2.79. The summed E-state index contributed by atoms with van der Waals surface area (Å²) in [4.78, 5) is 25.3. The molecular formula is C21H22F3N3O6. The number of ether oxygens (including phenoxy) is 3. The van der Waals surface area contributed by atoms with Crippen molar-refractivity contribution in [3.8, 4) is 11.5 Å². The summed E-state index contributed by atoms with van der Waals surface area (Å²) in [6.07, 6.45) is -4.77. The van der Waals surface area contributed by atoms with Crippen molar-refractivity contribution in [2.24, 2.45) is 0 Å². The number of carbonyl (C=O) groups is 1. The van der Waals surface area contributed by atoms with Gasteiger partial charge >= 0.3 is 6.18 Å². The first kappa shape index (κ1) is 24.1. The van der Waals surface area contributed by atoms with Gasteiger partial charge in [0.1, 0.15) is 5.56 Å². The molecule has 12 heteroatoms. The highest BCUT2D eigenvalue weighted by molar-refractivity contribution is 6.08. The van der Waals surface area contributed by atoms with E-state index in [1.807, 2.05) is 0 Å². The van der Waals surface area contributed by atoms with Gasteiger partial charge < -0.3 is 24.4 Å². The van der Waals surface area contributed by atoms with Crippen molar-refractivity contribution >= 4 is 23.0 Å². The number of nitro benzene ring substituents is 1. The Morgan fingerprint density at radius 1 is 1.21 bits per heavy atom. The van der Waals surface area contributed by atoms with E-state index in [4.69, 9.17) is 14.2 Å². The van der Waals surface area contributed by atoms with Crippen LogP contribution in [0.15, 0.2) is 30.3 Å². The molecule has 0 spiro atoms. The fourth-order valence-electron chi connectivity index (χ4n) is 3.39. The Hall–Kier alpha value is -3.54. The van der Waals surface area contributed by atoms with Crippen LogP contribution >= 0.6 is 0 Å². The summed E-state index contributed by atoms with van der Waals surface area (Å²) in [5, 5.41) is 13.7. The molecule has 1 N–H and O–H groups in total. The molecule has 0 saturated carbocycles. The second-order valence-corrected chi connectivity index (χ2v) is 6.99. The van der Waals surface area contributed by atoms with Crippen LogP contribution < -0.4 is 19.7 Å². The van der Waals surface area contributed by atoms with Gasteiger partial charge in [-0.05, 0) is 25.1 Å². The highest BCUT2D eigenvalue weighted by Crippen LogP contribution is 2.39. The zero-order valence-electron chi connectivity index (χ0n) is 17.9. The maximum absolute atomic E-state index is 13.8. The fourth-order valence-corrected chi connectivity index (χ4v) is 3.39. The summed E-state index contributed by atoms with van der Waals surface area (Å²) >= 11 is 0. The molecule has 9 nitrogen and oxygen atoms in total. The molecule has 0 aliphatic carbocycles. The highest BCUT2D eigenvalue weighted by Gasteiger charge is 2.35. The van der Waals surface area contributed by atoms with Gasteiger partial charge in [-0.15, -0.1) is 0 Å². The average molecular weight is 469 g/mol. The third-order valence-corrected chi connectivity index (χ3v) is 4.96. The topological polar surface area (TPSA) is 103 Å². The largest absolute Gasteiger partial charge is 0.493 e. The standard InChI is InChI=1S/C21H22F3N3O6/c1-3-33-19-11-14(17(27(29)30)12-18(19)31-2)20(28)25-16-5-4-13(10-15(16)21(22,23)24)26-6-8-32-9-7-26/h4-5,10-12H,3,6-9H2,1-2H3,(H,25,28). The van der Waals surface area contributed by atoms with Crippen molar-refractivity contribution < 1.29 is 37.1 Å². The first-order valence-corrected chi connectivity index (χ1v) is 10.00. The minimum absolute atomic E-state index is 0.0194. The molecule has 1 aliphatic heterocycles. The Balaban J connectivity index is 1.99. The zero-order valence-corrected chi connectivity index (χ0v) is 17.9. The number of nitro groups is 1. The van der Waals surface area contributed by atoms with Gasteiger partial charge in [0.2, 0.25) is 0 Å². The normalized spacial score (nSPS) is 14.0. The Kier molecular flexibility index (Phi) is 7.26. The molecule has 2 aromatic rings. The number of amides is 1. The molecule has 33 heavy (non-hydrogen) atoms. The van der Waals surface area contributed by atoms with E-state index in [1.165, 1.54) is 13.2 Å².